The van der Waals surface area contributed by atoms with Gasteiger partial charge in [-0.3, -0.25) is 0 Å². The molecule has 0 nitrogen and oxygen atoms in total. The van der Waals surface area contributed by atoms with Crippen LogP contribution < -0.4 is 0 Å². The minimum absolute atomic E-state index is 0.567. The Morgan fingerprint density at radius 3 is 1.23 bits per heavy atom. The van der Waals surface area contributed by atoms with E-state index in [2.05, 4.69) is 139 Å². The van der Waals surface area contributed by atoms with Crippen molar-refractivity contribution in [3.05, 3.63) is 130 Å². The molecule has 6 rings (SSSR count). The van der Waals surface area contributed by atoms with Gasteiger partial charge in [0.05, 0.1) is 0 Å². The lowest BCUT2D eigenvalue weighted by Crippen LogP contribution is -2.45. The van der Waals surface area contributed by atoms with Crippen molar-refractivity contribution in [2.75, 3.05) is 0 Å². The first-order valence-corrected chi connectivity index (χ1v) is 16.8. The summed E-state index contributed by atoms with van der Waals surface area (Å²) in [7, 11) is -2.28. The molecule has 0 saturated heterocycles. The summed E-state index contributed by atoms with van der Waals surface area (Å²) < 4.78 is 0. The van der Waals surface area contributed by atoms with E-state index in [-0.39, 0.29) is 0 Å². The first-order valence-electron chi connectivity index (χ1n) is 14.6. The van der Waals surface area contributed by atoms with Gasteiger partial charge in [0.15, 0.2) is 0 Å². The summed E-state index contributed by atoms with van der Waals surface area (Å²) >= 11 is 0. The third-order valence-electron chi connectivity index (χ3n) is 9.38. The highest BCUT2D eigenvalue weighted by molar-refractivity contribution is 7.12. The summed E-state index contributed by atoms with van der Waals surface area (Å²) in [6, 6.07) is 36.2. The van der Waals surface area contributed by atoms with Gasteiger partial charge in [0.1, 0.15) is 8.07 Å². The van der Waals surface area contributed by atoms with Gasteiger partial charge in [-0.15, -0.1) is 0 Å². The Balaban J connectivity index is 1.68. The molecule has 4 aromatic rings. The Morgan fingerprint density at radius 1 is 0.487 bits per heavy atom. The Hall–Kier alpha value is -3.42. The summed E-state index contributed by atoms with van der Waals surface area (Å²) in [6.45, 7) is 15.0. The molecule has 0 bridgehead atoms. The molecule has 0 amide bonds. The lowest BCUT2D eigenvalue weighted by atomic mass is 9.97. The van der Waals surface area contributed by atoms with Gasteiger partial charge in [0.25, 0.3) is 0 Å². The Kier molecular flexibility index (Phi) is 6.59. The standard InChI is InChI=1S/C38H40Si/c1-25(2)39(26(3)4,37-27(5)23-31-19-13-21-33(35(31)37)29-15-9-7-10-16-29)38-28(6)24-32-20-14-22-34(36(32)38)30-17-11-8-12-18-30/h7-22,25-26H,23-24H2,1-6H3. The maximum Gasteiger partial charge on any atom is 0.124 e. The van der Waals surface area contributed by atoms with E-state index in [9.17, 15) is 0 Å². The molecule has 2 aliphatic rings. The number of hydrogen-bond donors (Lipinski definition) is 0. The second kappa shape index (κ2) is 9.95. The average molecular weight is 525 g/mol. The molecular weight excluding hydrogens is 485 g/mol. The molecule has 1 heteroatoms. The number of fused-ring (bicyclic) bond motifs is 2. The molecule has 0 heterocycles. The largest absolute Gasteiger partial charge is 0.124 e. The van der Waals surface area contributed by atoms with Gasteiger partial charge in [-0.1, -0.05) is 136 Å². The van der Waals surface area contributed by atoms with E-state index in [0.717, 1.165) is 12.8 Å². The highest BCUT2D eigenvalue weighted by atomic mass is 28.3. The van der Waals surface area contributed by atoms with Crippen molar-refractivity contribution in [3.8, 4) is 22.3 Å². The summed E-state index contributed by atoms with van der Waals surface area (Å²) in [4.78, 5) is 0. The monoisotopic (exact) mass is 524 g/mol. The van der Waals surface area contributed by atoms with Crippen LogP contribution in [0.5, 0.6) is 0 Å². The molecule has 0 radical (unpaired) electrons. The van der Waals surface area contributed by atoms with Crippen molar-refractivity contribution in [1.29, 1.82) is 0 Å². The van der Waals surface area contributed by atoms with Crippen molar-refractivity contribution in [2.24, 2.45) is 0 Å². The topological polar surface area (TPSA) is 0 Å². The van der Waals surface area contributed by atoms with Gasteiger partial charge < -0.3 is 0 Å². The van der Waals surface area contributed by atoms with E-state index >= 15 is 0 Å². The van der Waals surface area contributed by atoms with Crippen molar-refractivity contribution in [3.63, 3.8) is 0 Å². The normalized spacial score (nSPS) is 15.0. The van der Waals surface area contributed by atoms with E-state index < -0.39 is 8.07 Å². The molecule has 0 aromatic heterocycles. The van der Waals surface area contributed by atoms with Crippen molar-refractivity contribution >= 4 is 18.5 Å². The summed E-state index contributed by atoms with van der Waals surface area (Å²) in [6.07, 6.45) is 2.14. The fourth-order valence-electron chi connectivity index (χ4n) is 8.04. The smallest absolute Gasteiger partial charge is 0.0686 e. The van der Waals surface area contributed by atoms with Crippen LogP contribution in [0.25, 0.3) is 32.6 Å². The van der Waals surface area contributed by atoms with Crippen LogP contribution in [-0.2, 0) is 12.8 Å². The third kappa shape index (κ3) is 3.93. The number of hydrogen-bond acceptors (Lipinski definition) is 0. The summed E-state index contributed by atoms with van der Waals surface area (Å²) in [5.41, 5.74) is 15.9. The van der Waals surface area contributed by atoms with Crippen LogP contribution in [-0.4, -0.2) is 8.07 Å². The molecule has 4 aromatic carbocycles. The van der Waals surface area contributed by atoms with Crippen LogP contribution >= 0.6 is 0 Å². The third-order valence-corrected chi connectivity index (χ3v) is 16.0. The van der Waals surface area contributed by atoms with Crippen molar-refractivity contribution < 1.29 is 0 Å². The van der Waals surface area contributed by atoms with Gasteiger partial charge in [-0.2, -0.15) is 0 Å². The number of benzene rings is 4. The SMILES string of the molecule is CC1=C([Si](C2=C(C)Cc3cccc(-c4ccccc4)c32)(C(C)C)C(C)C)c2c(cccc2-c2ccccc2)C1. The van der Waals surface area contributed by atoms with E-state index in [1.54, 1.807) is 32.7 Å². The van der Waals surface area contributed by atoms with Crippen LogP contribution in [0.15, 0.2) is 108 Å². The molecule has 2 aliphatic carbocycles. The van der Waals surface area contributed by atoms with Crippen LogP contribution in [0.3, 0.4) is 0 Å². The molecule has 196 valence electrons. The molecule has 0 fully saturated rings. The molecule has 0 atom stereocenters. The fraction of sp³-hybridized carbons (Fsp3) is 0.263. The number of allylic oxidation sites excluding steroid dienone is 2. The highest BCUT2D eigenvalue weighted by Crippen LogP contribution is 2.59. The summed E-state index contributed by atoms with van der Waals surface area (Å²) in [5, 5.41) is 3.43. The lowest BCUT2D eigenvalue weighted by Gasteiger charge is -2.45. The van der Waals surface area contributed by atoms with Gasteiger partial charge in [0.2, 0.25) is 0 Å². The Bertz CT molecular complexity index is 1480. The van der Waals surface area contributed by atoms with Crippen molar-refractivity contribution in [2.45, 2.75) is 65.5 Å². The second-order valence-electron chi connectivity index (χ2n) is 12.3. The first-order chi connectivity index (χ1) is 18.9. The maximum atomic E-state index is 2.53. The average Bonchev–Trinajstić information content (AvgIpc) is 3.46. The molecule has 0 saturated carbocycles. The van der Waals surface area contributed by atoms with E-state index in [1.807, 2.05) is 0 Å². The first kappa shape index (κ1) is 25.8. The van der Waals surface area contributed by atoms with Crippen molar-refractivity contribution in [1.82, 2.24) is 0 Å². The predicted octanol–water partition coefficient (Wildman–Crippen LogP) is 10.7. The molecule has 39 heavy (non-hydrogen) atoms. The molecule has 0 N–H and O–H groups in total. The zero-order valence-electron chi connectivity index (χ0n) is 24.3. The summed E-state index contributed by atoms with van der Waals surface area (Å²) in [5.74, 6) is 0. The maximum absolute atomic E-state index is 2.53. The molecule has 0 aliphatic heterocycles. The van der Waals surface area contributed by atoms with Crippen LogP contribution in [0.4, 0.5) is 0 Å². The highest BCUT2D eigenvalue weighted by Gasteiger charge is 2.52. The van der Waals surface area contributed by atoms with Crippen LogP contribution in [0, 0.1) is 0 Å². The quantitative estimate of drug-likeness (QED) is 0.220. The van der Waals surface area contributed by atoms with E-state index in [4.69, 9.17) is 0 Å². The minimum Gasteiger partial charge on any atom is -0.0686 e. The lowest BCUT2D eigenvalue weighted by molar-refractivity contribution is 0.929. The van der Waals surface area contributed by atoms with E-state index in [1.165, 1.54) is 33.4 Å². The fourth-order valence-corrected chi connectivity index (χ4v) is 14.9. The molecular formula is C38H40Si. The Labute approximate surface area is 236 Å². The van der Waals surface area contributed by atoms with Gasteiger partial charge in [-0.05, 0) is 92.7 Å². The van der Waals surface area contributed by atoms with E-state index in [0.29, 0.717) is 11.1 Å². The zero-order valence-corrected chi connectivity index (χ0v) is 25.3. The second-order valence-corrected chi connectivity index (χ2v) is 17.3. The van der Waals surface area contributed by atoms with Crippen LogP contribution in [0.1, 0.15) is 63.8 Å². The van der Waals surface area contributed by atoms with Gasteiger partial charge in [0, 0.05) is 0 Å². The number of rotatable bonds is 6. The van der Waals surface area contributed by atoms with Gasteiger partial charge >= 0.3 is 0 Å². The molecule has 0 spiro atoms. The predicted molar refractivity (Wildman–Crippen MR) is 172 cm³/mol. The zero-order chi connectivity index (χ0) is 27.3. The molecule has 0 unspecified atom stereocenters. The Morgan fingerprint density at radius 2 is 0.872 bits per heavy atom. The van der Waals surface area contributed by atoms with Crippen LogP contribution in [0.2, 0.25) is 11.1 Å². The minimum atomic E-state index is -2.28. The van der Waals surface area contributed by atoms with Gasteiger partial charge in [-0.25, -0.2) is 0 Å².